The number of ether oxygens (including phenoxy) is 2. The van der Waals surface area contributed by atoms with Gasteiger partial charge in [-0.1, -0.05) is 12.1 Å². The van der Waals surface area contributed by atoms with Crippen molar-refractivity contribution in [2.45, 2.75) is 25.3 Å². The third kappa shape index (κ3) is 5.63. The van der Waals surface area contributed by atoms with Crippen LogP contribution in [-0.2, 0) is 27.8 Å². The van der Waals surface area contributed by atoms with Crippen LogP contribution in [0.1, 0.15) is 30.0 Å². The summed E-state index contributed by atoms with van der Waals surface area (Å²) in [5.41, 5.74) is 1.81. The largest absolute Gasteiger partial charge is 0.497 e. The number of methoxy groups -OCH3 is 2. The van der Waals surface area contributed by atoms with E-state index in [9.17, 15) is 9.59 Å². The van der Waals surface area contributed by atoms with Gasteiger partial charge in [-0.3, -0.25) is 14.3 Å². The Hall–Kier alpha value is -2.83. The van der Waals surface area contributed by atoms with Crippen LogP contribution in [0.15, 0.2) is 36.7 Å². The Morgan fingerprint density at radius 1 is 1.24 bits per heavy atom. The van der Waals surface area contributed by atoms with E-state index in [4.69, 9.17) is 9.47 Å². The van der Waals surface area contributed by atoms with Crippen molar-refractivity contribution < 1.29 is 19.1 Å². The van der Waals surface area contributed by atoms with Crippen LogP contribution in [0.3, 0.4) is 0 Å². The van der Waals surface area contributed by atoms with E-state index in [0.717, 1.165) is 11.1 Å². The zero-order chi connectivity index (χ0) is 18.2. The van der Waals surface area contributed by atoms with Crippen molar-refractivity contribution >= 4 is 11.9 Å². The molecule has 2 aromatic rings. The molecular weight excluding hydrogens is 322 g/mol. The minimum absolute atomic E-state index is 0.0709. The van der Waals surface area contributed by atoms with Crippen LogP contribution in [0, 0.1) is 0 Å². The summed E-state index contributed by atoms with van der Waals surface area (Å²) in [4.78, 5) is 24.0. The zero-order valence-corrected chi connectivity index (χ0v) is 14.7. The van der Waals surface area contributed by atoms with Crippen molar-refractivity contribution in [3.8, 4) is 5.75 Å². The highest BCUT2D eigenvalue weighted by atomic mass is 16.5. The van der Waals surface area contributed by atoms with Gasteiger partial charge in [-0.25, -0.2) is 0 Å². The Morgan fingerprint density at radius 2 is 1.96 bits per heavy atom. The van der Waals surface area contributed by atoms with Crippen molar-refractivity contribution in [1.29, 1.82) is 0 Å². The summed E-state index contributed by atoms with van der Waals surface area (Å²) in [6.07, 6.45) is 4.60. The second kappa shape index (κ2) is 8.86. The van der Waals surface area contributed by atoms with Crippen molar-refractivity contribution in [1.82, 2.24) is 15.1 Å². The molecule has 1 atom stereocenters. The van der Waals surface area contributed by atoms with Gasteiger partial charge in [0.05, 0.1) is 32.9 Å². The number of aryl methyl sites for hydroxylation is 2. The number of carbonyl (C=O) groups excluding carboxylic acids is 2. The number of carbonyl (C=O) groups is 2. The monoisotopic (exact) mass is 345 g/mol. The molecule has 0 saturated carbocycles. The Kier molecular flexibility index (Phi) is 6.56. The van der Waals surface area contributed by atoms with E-state index in [0.29, 0.717) is 18.6 Å². The van der Waals surface area contributed by atoms with Crippen LogP contribution >= 0.6 is 0 Å². The van der Waals surface area contributed by atoms with E-state index in [1.165, 1.54) is 7.11 Å². The van der Waals surface area contributed by atoms with Crippen molar-refractivity contribution in [3.05, 3.63) is 47.8 Å². The molecular formula is C18H23N3O4. The number of esters is 1. The van der Waals surface area contributed by atoms with Gasteiger partial charge in [0, 0.05) is 19.7 Å². The molecule has 1 amide bonds. The molecule has 1 aromatic heterocycles. The first kappa shape index (κ1) is 18.5. The number of aromatic nitrogens is 2. The van der Waals surface area contributed by atoms with E-state index < -0.39 is 6.04 Å². The van der Waals surface area contributed by atoms with Crippen LogP contribution in [0.25, 0.3) is 0 Å². The molecule has 1 N–H and O–H groups in total. The lowest BCUT2D eigenvalue weighted by molar-refractivity contribution is -0.141. The molecule has 0 fully saturated rings. The van der Waals surface area contributed by atoms with Gasteiger partial charge >= 0.3 is 5.97 Å². The average Bonchev–Trinajstić information content (AvgIpc) is 3.04. The second-order valence-corrected chi connectivity index (χ2v) is 5.70. The third-order valence-corrected chi connectivity index (χ3v) is 3.85. The molecule has 134 valence electrons. The van der Waals surface area contributed by atoms with Gasteiger partial charge in [-0.2, -0.15) is 5.10 Å². The maximum atomic E-state index is 12.3. The lowest BCUT2D eigenvalue weighted by Crippen LogP contribution is -2.30. The van der Waals surface area contributed by atoms with E-state index in [2.05, 4.69) is 10.4 Å². The van der Waals surface area contributed by atoms with Crippen LogP contribution in [-0.4, -0.2) is 35.9 Å². The average molecular weight is 345 g/mol. The van der Waals surface area contributed by atoms with Crippen LogP contribution in [0.5, 0.6) is 5.75 Å². The molecule has 0 aliphatic carbocycles. The number of nitrogens with zero attached hydrogens (tertiary/aromatic N) is 2. The Bertz CT molecular complexity index is 709. The quantitative estimate of drug-likeness (QED) is 0.738. The SMILES string of the molecule is COC(=O)CC(NC(=O)CCc1cnn(C)c1)c1ccc(OC)cc1. The summed E-state index contributed by atoms with van der Waals surface area (Å²) in [7, 11) is 4.75. The molecule has 1 unspecified atom stereocenters. The van der Waals surface area contributed by atoms with Gasteiger partial charge in [0.1, 0.15) is 5.75 Å². The number of nitrogens with one attached hydrogen (secondary N) is 1. The zero-order valence-electron chi connectivity index (χ0n) is 14.7. The standard InChI is InChI=1S/C18H23N3O4/c1-21-12-13(11-19-21)4-9-17(22)20-16(10-18(23)25-3)14-5-7-15(24-2)8-6-14/h5-8,11-12,16H,4,9-10H2,1-3H3,(H,20,22). The summed E-state index contributed by atoms with van der Waals surface area (Å²) in [5.74, 6) is 0.199. The second-order valence-electron chi connectivity index (χ2n) is 5.70. The third-order valence-electron chi connectivity index (χ3n) is 3.85. The highest BCUT2D eigenvalue weighted by Gasteiger charge is 2.19. The van der Waals surface area contributed by atoms with Crippen molar-refractivity contribution in [2.75, 3.05) is 14.2 Å². The van der Waals surface area contributed by atoms with Crippen LogP contribution in [0.4, 0.5) is 0 Å². The highest BCUT2D eigenvalue weighted by molar-refractivity contribution is 5.78. The predicted molar refractivity (Wildman–Crippen MR) is 92.0 cm³/mol. The molecule has 2 rings (SSSR count). The molecule has 0 radical (unpaired) electrons. The van der Waals surface area contributed by atoms with Gasteiger partial charge in [0.2, 0.25) is 5.91 Å². The highest BCUT2D eigenvalue weighted by Crippen LogP contribution is 2.21. The molecule has 0 bridgehead atoms. The molecule has 0 aliphatic rings. The topological polar surface area (TPSA) is 82.5 Å². The number of rotatable bonds is 8. The van der Waals surface area contributed by atoms with E-state index in [-0.39, 0.29) is 18.3 Å². The van der Waals surface area contributed by atoms with E-state index in [1.54, 1.807) is 30.1 Å². The van der Waals surface area contributed by atoms with Crippen LogP contribution < -0.4 is 10.1 Å². The van der Waals surface area contributed by atoms with Gasteiger partial charge < -0.3 is 14.8 Å². The molecule has 0 aliphatic heterocycles. The normalized spacial score (nSPS) is 11.6. The smallest absolute Gasteiger partial charge is 0.307 e. The van der Waals surface area contributed by atoms with Gasteiger partial charge in [-0.15, -0.1) is 0 Å². The predicted octanol–water partition coefficient (Wildman–Crippen LogP) is 1.78. The summed E-state index contributed by atoms with van der Waals surface area (Å²) in [6.45, 7) is 0. The first-order chi connectivity index (χ1) is 12.0. The summed E-state index contributed by atoms with van der Waals surface area (Å²) < 4.78 is 11.6. The van der Waals surface area contributed by atoms with E-state index in [1.807, 2.05) is 25.4 Å². The molecule has 25 heavy (non-hydrogen) atoms. The fraction of sp³-hybridized carbons (Fsp3) is 0.389. The fourth-order valence-corrected chi connectivity index (χ4v) is 2.46. The number of benzene rings is 1. The van der Waals surface area contributed by atoms with Crippen molar-refractivity contribution in [3.63, 3.8) is 0 Å². The Labute approximate surface area is 146 Å². The summed E-state index contributed by atoms with van der Waals surface area (Å²) in [5, 5.41) is 6.99. The lowest BCUT2D eigenvalue weighted by Gasteiger charge is -2.18. The maximum absolute atomic E-state index is 12.3. The minimum atomic E-state index is -0.445. The first-order valence-corrected chi connectivity index (χ1v) is 7.99. The summed E-state index contributed by atoms with van der Waals surface area (Å²) >= 11 is 0. The van der Waals surface area contributed by atoms with Gasteiger partial charge in [-0.05, 0) is 29.7 Å². The van der Waals surface area contributed by atoms with Crippen LogP contribution in [0.2, 0.25) is 0 Å². The number of hydrogen-bond acceptors (Lipinski definition) is 5. The molecule has 1 heterocycles. The first-order valence-electron chi connectivity index (χ1n) is 7.99. The minimum Gasteiger partial charge on any atom is -0.497 e. The van der Waals surface area contributed by atoms with Gasteiger partial charge in [0.15, 0.2) is 0 Å². The molecule has 7 nitrogen and oxygen atoms in total. The number of hydrogen-bond donors (Lipinski definition) is 1. The molecule has 7 heteroatoms. The fourth-order valence-electron chi connectivity index (χ4n) is 2.46. The maximum Gasteiger partial charge on any atom is 0.307 e. The lowest BCUT2D eigenvalue weighted by atomic mass is 10.0. The molecule has 1 aromatic carbocycles. The Balaban J connectivity index is 2.01. The Morgan fingerprint density at radius 3 is 2.52 bits per heavy atom. The van der Waals surface area contributed by atoms with Gasteiger partial charge in [0.25, 0.3) is 0 Å². The number of amides is 1. The van der Waals surface area contributed by atoms with E-state index >= 15 is 0 Å². The molecule has 0 spiro atoms. The van der Waals surface area contributed by atoms with Crippen molar-refractivity contribution in [2.24, 2.45) is 7.05 Å². The molecule has 0 saturated heterocycles. The summed E-state index contributed by atoms with van der Waals surface area (Å²) in [6, 6.07) is 6.80.